The molecular formula is C10H14ClN. The summed E-state index contributed by atoms with van der Waals surface area (Å²) >= 11 is 6.19. The molecular weight excluding hydrogens is 170 g/mol. The van der Waals surface area contributed by atoms with Gasteiger partial charge in [0.2, 0.25) is 0 Å². The first-order valence-corrected chi connectivity index (χ1v) is 4.55. The molecule has 66 valence electrons. The first-order chi connectivity index (χ1) is 5.75. The zero-order chi connectivity index (χ0) is 8.97. The summed E-state index contributed by atoms with van der Waals surface area (Å²) in [5, 5.41) is 3.18. The van der Waals surface area contributed by atoms with Crippen LogP contribution in [0.2, 0.25) is 0 Å². The number of nitrogens with one attached hydrogen (secondary N) is 1. The predicted octanol–water partition coefficient (Wildman–Crippen LogP) is 2.57. The summed E-state index contributed by atoms with van der Waals surface area (Å²) in [6.45, 7) is 2.07. The number of halogens is 1. The molecule has 0 aliphatic rings. The average Bonchev–Trinajstić information content (AvgIpc) is 2.17. The van der Waals surface area contributed by atoms with Crippen molar-refractivity contribution >= 4 is 11.6 Å². The van der Waals surface area contributed by atoms with Gasteiger partial charge in [0.1, 0.15) is 0 Å². The monoisotopic (exact) mass is 183 g/mol. The minimum Gasteiger partial charge on any atom is -0.315 e. The van der Waals surface area contributed by atoms with Gasteiger partial charge in [-0.15, -0.1) is 11.6 Å². The summed E-state index contributed by atoms with van der Waals surface area (Å²) in [7, 11) is 1.92. The number of hydrogen-bond acceptors (Lipinski definition) is 1. The van der Waals surface area contributed by atoms with E-state index in [1.54, 1.807) is 0 Å². The molecule has 0 aromatic heterocycles. The van der Waals surface area contributed by atoms with Crippen molar-refractivity contribution in [3.05, 3.63) is 35.9 Å². The second-order valence-electron chi connectivity index (χ2n) is 2.89. The molecule has 0 spiro atoms. The van der Waals surface area contributed by atoms with Crippen molar-refractivity contribution in [3.63, 3.8) is 0 Å². The van der Waals surface area contributed by atoms with Crippen LogP contribution in [-0.4, -0.2) is 13.1 Å². The highest BCUT2D eigenvalue weighted by Crippen LogP contribution is 2.23. The van der Waals surface area contributed by atoms with E-state index in [0.29, 0.717) is 6.04 Å². The van der Waals surface area contributed by atoms with Gasteiger partial charge in [-0.05, 0) is 19.5 Å². The third kappa shape index (κ3) is 2.23. The Hall–Kier alpha value is -0.530. The highest BCUT2D eigenvalue weighted by molar-refractivity contribution is 6.21. The van der Waals surface area contributed by atoms with Crippen molar-refractivity contribution in [1.29, 1.82) is 0 Å². The van der Waals surface area contributed by atoms with E-state index >= 15 is 0 Å². The fraction of sp³-hybridized carbons (Fsp3) is 0.400. The van der Waals surface area contributed by atoms with Crippen LogP contribution in [0.25, 0.3) is 0 Å². The molecule has 0 amide bonds. The van der Waals surface area contributed by atoms with Crippen molar-refractivity contribution in [3.8, 4) is 0 Å². The maximum Gasteiger partial charge on any atom is 0.0735 e. The second-order valence-corrected chi connectivity index (χ2v) is 3.36. The Morgan fingerprint density at radius 2 is 1.83 bits per heavy atom. The van der Waals surface area contributed by atoms with Crippen LogP contribution >= 0.6 is 11.6 Å². The molecule has 0 saturated carbocycles. The Kier molecular flexibility index (Phi) is 3.57. The Morgan fingerprint density at radius 1 is 1.25 bits per heavy atom. The Morgan fingerprint density at radius 3 is 2.33 bits per heavy atom. The molecule has 0 bridgehead atoms. The van der Waals surface area contributed by atoms with Crippen LogP contribution in [0.15, 0.2) is 30.3 Å². The summed E-state index contributed by atoms with van der Waals surface area (Å²) in [5.74, 6) is 0. The van der Waals surface area contributed by atoms with Gasteiger partial charge >= 0.3 is 0 Å². The fourth-order valence-corrected chi connectivity index (χ4v) is 1.34. The van der Waals surface area contributed by atoms with E-state index in [0.717, 1.165) is 0 Å². The Labute approximate surface area is 78.7 Å². The van der Waals surface area contributed by atoms with Crippen LogP contribution in [0, 0.1) is 0 Å². The van der Waals surface area contributed by atoms with E-state index in [2.05, 4.69) is 12.2 Å². The first-order valence-electron chi connectivity index (χ1n) is 4.12. The number of benzene rings is 1. The Bertz CT molecular complexity index is 223. The van der Waals surface area contributed by atoms with Crippen LogP contribution in [0.1, 0.15) is 17.9 Å². The molecule has 0 heterocycles. The van der Waals surface area contributed by atoms with Crippen LogP contribution in [0.5, 0.6) is 0 Å². The standard InChI is InChI=1S/C10H14ClN/c1-8(12-2)10(11)9-6-4-3-5-7-9/h3-8,10,12H,1-2H3/t8-,10?/m1/s1. The van der Waals surface area contributed by atoms with Crippen molar-refractivity contribution in [2.45, 2.75) is 18.3 Å². The van der Waals surface area contributed by atoms with Crippen LogP contribution in [-0.2, 0) is 0 Å². The smallest absolute Gasteiger partial charge is 0.0735 e. The molecule has 0 aliphatic carbocycles. The van der Waals surface area contributed by atoms with E-state index in [4.69, 9.17) is 11.6 Å². The summed E-state index contributed by atoms with van der Waals surface area (Å²) in [6, 6.07) is 10.4. The molecule has 1 N–H and O–H groups in total. The van der Waals surface area contributed by atoms with Crippen molar-refractivity contribution < 1.29 is 0 Å². The Balaban J connectivity index is 2.71. The predicted molar refractivity (Wildman–Crippen MR) is 53.6 cm³/mol. The number of alkyl halides is 1. The topological polar surface area (TPSA) is 12.0 Å². The minimum atomic E-state index is 0.0520. The van der Waals surface area contributed by atoms with Crippen LogP contribution in [0.3, 0.4) is 0 Å². The van der Waals surface area contributed by atoms with E-state index < -0.39 is 0 Å². The lowest BCUT2D eigenvalue weighted by molar-refractivity contribution is 0.592. The average molecular weight is 184 g/mol. The molecule has 2 heteroatoms. The summed E-state index contributed by atoms with van der Waals surface area (Å²) in [5.41, 5.74) is 1.17. The van der Waals surface area contributed by atoms with Crippen molar-refractivity contribution in [1.82, 2.24) is 5.32 Å². The molecule has 1 rings (SSSR count). The number of hydrogen-bond donors (Lipinski definition) is 1. The molecule has 1 unspecified atom stereocenters. The summed E-state index contributed by atoms with van der Waals surface area (Å²) in [4.78, 5) is 0. The van der Waals surface area contributed by atoms with Gasteiger partial charge in [0.05, 0.1) is 5.38 Å². The molecule has 2 atom stereocenters. The SMILES string of the molecule is CN[C@H](C)C(Cl)c1ccccc1. The molecule has 1 nitrogen and oxygen atoms in total. The van der Waals surface area contributed by atoms with E-state index in [9.17, 15) is 0 Å². The maximum absolute atomic E-state index is 6.19. The minimum absolute atomic E-state index is 0.0520. The number of likely N-dealkylation sites (N-methyl/N-ethyl adjacent to an activating group) is 1. The lowest BCUT2D eigenvalue weighted by Crippen LogP contribution is -2.25. The maximum atomic E-state index is 6.19. The molecule has 0 radical (unpaired) electrons. The van der Waals surface area contributed by atoms with Gasteiger partial charge in [-0.25, -0.2) is 0 Å². The van der Waals surface area contributed by atoms with Gasteiger partial charge in [-0.2, -0.15) is 0 Å². The highest BCUT2D eigenvalue weighted by Gasteiger charge is 2.13. The van der Waals surface area contributed by atoms with Gasteiger partial charge in [-0.3, -0.25) is 0 Å². The molecule has 0 fully saturated rings. The lowest BCUT2D eigenvalue weighted by atomic mass is 10.1. The second kappa shape index (κ2) is 4.48. The zero-order valence-corrected chi connectivity index (χ0v) is 8.18. The molecule has 0 saturated heterocycles. The van der Waals surface area contributed by atoms with E-state index in [-0.39, 0.29) is 5.38 Å². The van der Waals surface area contributed by atoms with Gasteiger partial charge in [0.25, 0.3) is 0 Å². The largest absolute Gasteiger partial charge is 0.315 e. The van der Waals surface area contributed by atoms with Crippen molar-refractivity contribution in [2.24, 2.45) is 0 Å². The molecule has 1 aromatic rings. The quantitative estimate of drug-likeness (QED) is 0.711. The van der Waals surface area contributed by atoms with Gasteiger partial charge < -0.3 is 5.32 Å². The number of rotatable bonds is 3. The van der Waals surface area contributed by atoms with Gasteiger partial charge in [0, 0.05) is 6.04 Å². The summed E-state index contributed by atoms with van der Waals surface area (Å²) < 4.78 is 0. The normalized spacial score (nSPS) is 15.6. The zero-order valence-electron chi connectivity index (χ0n) is 7.42. The highest BCUT2D eigenvalue weighted by atomic mass is 35.5. The third-order valence-electron chi connectivity index (χ3n) is 2.01. The van der Waals surface area contributed by atoms with Crippen LogP contribution in [0.4, 0.5) is 0 Å². The van der Waals surface area contributed by atoms with E-state index in [1.165, 1.54) is 5.56 Å². The van der Waals surface area contributed by atoms with Crippen LogP contribution < -0.4 is 5.32 Å². The van der Waals surface area contributed by atoms with Gasteiger partial charge in [0.15, 0.2) is 0 Å². The first kappa shape index (κ1) is 9.56. The van der Waals surface area contributed by atoms with Crippen molar-refractivity contribution in [2.75, 3.05) is 7.05 Å². The fourth-order valence-electron chi connectivity index (χ4n) is 1.07. The third-order valence-corrected chi connectivity index (χ3v) is 2.64. The van der Waals surface area contributed by atoms with Gasteiger partial charge in [-0.1, -0.05) is 30.3 Å². The molecule has 12 heavy (non-hydrogen) atoms. The van der Waals surface area contributed by atoms with E-state index in [1.807, 2.05) is 37.4 Å². The lowest BCUT2D eigenvalue weighted by Gasteiger charge is -2.17. The summed E-state index contributed by atoms with van der Waals surface area (Å²) in [6.07, 6.45) is 0. The molecule has 1 aromatic carbocycles. The molecule has 0 aliphatic heterocycles.